The second kappa shape index (κ2) is 5.31. The number of hydrogen-bond donors (Lipinski definition) is 1. The Labute approximate surface area is 107 Å². The van der Waals surface area contributed by atoms with Crippen molar-refractivity contribution in [1.82, 2.24) is 14.8 Å². The zero-order valence-corrected chi connectivity index (χ0v) is 11.1. The highest BCUT2D eigenvalue weighted by atomic mass is 16.3. The monoisotopic (exact) mass is 245 g/mol. The lowest BCUT2D eigenvalue weighted by Gasteiger charge is -2.11. The van der Waals surface area contributed by atoms with E-state index in [9.17, 15) is 5.11 Å². The first-order valence-electron chi connectivity index (χ1n) is 6.14. The number of aliphatic hydroxyl groups is 1. The van der Waals surface area contributed by atoms with E-state index in [2.05, 4.69) is 10.1 Å². The minimum atomic E-state index is -0.381. The molecular weight excluding hydrogens is 226 g/mol. The fourth-order valence-electron chi connectivity index (χ4n) is 2.21. The third-order valence-corrected chi connectivity index (χ3v) is 3.32. The Morgan fingerprint density at radius 3 is 2.44 bits per heavy atom. The van der Waals surface area contributed by atoms with Crippen LogP contribution < -0.4 is 0 Å². The van der Waals surface area contributed by atoms with Gasteiger partial charge in [-0.1, -0.05) is 0 Å². The van der Waals surface area contributed by atoms with Crippen LogP contribution in [0.1, 0.15) is 22.5 Å². The Morgan fingerprint density at radius 1 is 1.22 bits per heavy atom. The Hall–Kier alpha value is -1.68. The summed E-state index contributed by atoms with van der Waals surface area (Å²) < 4.78 is 1.86. The zero-order chi connectivity index (χ0) is 13.1. The molecule has 2 heterocycles. The van der Waals surface area contributed by atoms with Gasteiger partial charge < -0.3 is 5.11 Å². The van der Waals surface area contributed by atoms with Gasteiger partial charge in [-0.25, -0.2) is 0 Å². The molecule has 4 heteroatoms. The molecule has 18 heavy (non-hydrogen) atoms. The molecule has 1 atom stereocenters. The highest BCUT2D eigenvalue weighted by Crippen LogP contribution is 2.15. The molecule has 2 rings (SSSR count). The molecule has 4 nitrogen and oxygen atoms in total. The predicted molar refractivity (Wildman–Crippen MR) is 70.3 cm³/mol. The predicted octanol–water partition coefficient (Wildman–Crippen LogP) is 1.58. The maximum Gasteiger partial charge on any atom is 0.0629 e. The molecule has 2 aromatic rings. The normalized spacial score (nSPS) is 12.7. The van der Waals surface area contributed by atoms with E-state index < -0.39 is 0 Å². The molecule has 0 saturated heterocycles. The van der Waals surface area contributed by atoms with E-state index in [-0.39, 0.29) is 6.10 Å². The second-order valence-corrected chi connectivity index (χ2v) is 4.69. The fraction of sp³-hybridized carbons (Fsp3) is 0.429. The number of aliphatic hydroxyl groups excluding tert-OH is 1. The molecule has 1 N–H and O–H groups in total. The van der Waals surface area contributed by atoms with E-state index in [4.69, 9.17) is 0 Å². The molecule has 0 aliphatic rings. The molecule has 96 valence electrons. The van der Waals surface area contributed by atoms with Gasteiger partial charge in [0.2, 0.25) is 0 Å². The minimum Gasteiger partial charge on any atom is -0.392 e. The fourth-order valence-corrected chi connectivity index (χ4v) is 2.21. The number of rotatable bonds is 4. The third kappa shape index (κ3) is 2.76. The number of aromatic nitrogens is 3. The van der Waals surface area contributed by atoms with Gasteiger partial charge in [0.15, 0.2) is 0 Å². The quantitative estimate of drug-likeness (QED) is 0.889. The molecule has 0 aliphatic heterocycles. The molecule has 0 saturated carbocycles. The van der Waals surface area contributed by atoms with Crippen LogP contribution in [-0.2, 0) is 19.9 Å². The van der Waals surface area contributed by atoms with Crippen LogP contribution in [0.25, 0.3) is 0 Å². The van der Waals surface area contributed by atoms with Gasteiger partial charge in [0.05, 0.1) is 11.8 Å². The number of pyridine rings is 1. The summed E-state index contributed by atoms with van der Waals surface area (Å²) in [5.74, 6) is 0. The highest BCUT2D eigenvalue weighted by Gasteiger charge is 2.14. The minimum absolute atomic E-state index is 0.381. The summed E-state index contributed by atoms with van der Waals surface area (Å²) in [5, 5.41) is 14.5. The van der Waals surface area contributed by atoms with Crippen molar-refractivity contribution in [3.63, 3.8) is 0 Å². The van der Waals surface area contributed by atoms with Crippen molar-refractivity contribution >= 4 is 0 Å². The van der Waals surface area contributed by atoms with Crippen LogP contribution in [0.2, 0.25) is 0 Å². The Bertz CT molecular complexity index is 519. The lowest BCUT2D eigenvalue weighted by molar-refractivity contribution is 0.175. The van der Waals surface area contributed by atoms with Crippen molar-refractivity contribution in [2.75, 3.05) is 0 Å². The highest BCUT2D eigenvalue weighted by molar-refractivity contribution is 5.25. The lowest BCUT2D eigenvalue weighted by atomic mass is 10.0. The Balaban J connectivity index is 2.05. The van der Waals surface area contributed by atoms with Crippen LogP contribution in [0, 0.1) is 13.8 Å². The van der Waals surface area contributed by atoms with E-state index in [0.29, 0.717) is 12.8 Å². The van der Waals surface area contributed by atoms with Gasteiger partial charge in [0.25, 0.3) is 0 Å². The van der Waals surface area contributed by atoms with Crippen molar-refractivity contribution in [3.05, 3.63) is 47.0 Å². The Kier molecular flexibility index (Phi) is 3.77. The second-order valence-electron chi connectivity index (χ2n) is 4.69. The SMILES string of the molecule is Cc1nn(C)c(C)c1CC(O)Cc1ccncc1. The van der Waals surface area contributed by atoms with Crippen molar-refractivity contribution in [3.8, 4) is 0 Å². The smallest absolute Gasteiger partial charge is 0.0629 e. The van der Waals surface area contributed by atoms with Crippen LogP contribution in [-0.4, -0.2) is 26.0 Å². The van der Waals surface area contributed by atoms with Gasteiger partial charge in [-0.15, -0.1) is 0 Å². The van der Waals surface area contributed by atoms with Gasteiger partial charge >= 0.3 is 0 Å². The Morgan fingerprint density at radius 2 is 1.89 bits per heavy atom. The number of nitrogens with zero attached hydrogens (tertiary/aromatic N) is 3. The summed E-state index contributed by atoms with van der Waals surface area (Å²) in [6, 6.07) is 3.87. The standard InChI is InChI=1S/C14H19N3O/c1-10-14(11(2)17(3)16-10)9-13(18)8-12-4-6-15-7-5-12/h4-7,13,18H,8-9H2,1-3H3. The maximum absolute atomic E-state index is 10.2. The van der Waals surface area contributed by atoms with Crippen LogP contribution in [0.3, 0.4) is 0 Å². The third-order valence-electron chi connectivity index (χ3n) is 3.32. The average Bonchev–Trinajstić information content (AvgIpc) is 2.57. The van der Waals surface area contributed by atoms with E-state index in [0.717, 1.165) is 22.5 Å². The molecule has 2 aromatic heterocycles. The topological polar surface area (TPSA) is 50.9 Å². The van der Waals surface area contributed by atoms with Gasteiger partial charge in [-0.2, -0.15) is 5.10 Å². The van der Waals surface area contributed by atoms with Crippen molar-refractivity contribution < 1.29 is 5.11 Å². The molecule has 0 aromatic carbocycles. The first-order chi connectivity index (χ1) is 8.58. The number of hydrogen-bond acceptors (Lipinski definition) is 3. The van der Waals surface area contributed by atoms with Gasteiger partial charge in [-0.3, -0.25) is 9.67 Å². The van der Waals surface area contributed by atoms with Crippen LogP contribution in [0.4, 0.5) is 0 Å². The first kappa shape index (κ1) is 12.8. The molecule has 1 unspecified atom stereocenters. The summed E-state index contributed by atoms with van der Waals surface area (Å²) in [6.45, 7) is 4.02. The lowest BCUT2D eigenvalue weighted by Crippen LogP contribution is -2.15. The summed E-state index contributed by atoms with van der Waals surface area (Å²) >= 11 is 0. The van der Waals surface area contributed by atoms with Crippen LogP contribution >= 0.6 is 0 Å². The van der Waals surface area contributed by atoms with Crippen molar-refractivity contribution in [1.29, 1.82) is 0 Å². The van der Waals surface area contributed by atoms with E-state index in [1.54, 1.807) is 12.4 Å². The molecule has 0 amide bonds. The van der Waals surface area contributed by atoms with Gasteiger partial charge in [-0.05, 0) is 43.5 Å². The van der Waals surface area contributed by atoms with Crippen LogP contribution in [0.5, 0.6) is 0 Å². The summed E-state index contributed by atoms with van der Waals surface area (Å²) in [6.07, 6.45) is 4.42. The molecular formula is C14H19N3O. The molecule has 0 radical (unpaired) electrons. The first-order valence-corrected chi connectivity index (χ1v) is 6.14. The van der Waals surface area contributed by atoms with E-state index >= 15 is 0 Å². The van der Waals surface area contributed by atoms with Crippen molar-refractivity contribution in [2.24, 2.45) is 7.05 Å². The van der Waals surface area contributed by atoms with Crippen molar-refractivity contribution in [2.45, 2.75) is 32.8 Å². The van der Waals surface area contributed by atoms with Gasteiger partial charge in [0, 0.05) is 31.6 Å². The number of aryl methyl sites for hydroxylation is 2. The molecule has 0 spiro atoms. The largest absolute Gasteiger partial charge is 0.392 e. The summed E-state index contributed by atoms with van der Waals surface area (Å²) in [4.78, 5) is 3.97. The average molecular weight is 245 g/mol. The van der Waals surface area contributed by atoms with Gasteiger partial charge in [0.1, 0.15) is 0 Å². The van der Waals surface area contributed by atoms with E-state index in [1.807, 2.05) is 37.7 Å². The zero-order valence-electron chi connectivity index (χ0n) is 11.1. The molecule has 0 bridgehead atoms. The van der Waals surface area contributed by atoms with Crippen LogP contribution in [0.15, 0.2) is 24.5 Å². The van der Waals surface area contributed by atoms with E-state index in [1.165, 1.54) is 0 Å². The maximum atomic E-state index is 10.2. The molecule has 0 aliphatic carbocycles. The summed E-state index contributed by atoms with van der Waals surface area (Å²) in [7, 11) is 1.93. The summed E-state index contributed by atoms with van der Waals surface area (Å²) in [5.41, 5.74) is 4.39. The molecule has 0 fully saturated rings.